The van der Waals surface area contributed by atoms with E-state index in [1.165, 1.54) is 19.3 Å². The van der Waals surface area contributed by atoms with Gasteiger partial charge in [-0.2, -0.15) is 0 Å². The molecule has 0 saturated carbocycles. The molecular weight excluding hydrogens is 124 g/mol. The monoisotopic (exact) mass is 144 g/mol. The Kier molecular flexibility index (Phi) is 6.98. The smallest absolute Gasteiger partial charge is 0.0428 e. The second-order valence-electron chi connectivity index (χ2n) is 2.86. The summed E-state index contributed by atoms with van der Waals surface area (Å²) < 4.78 is 0. The van der Waals surface area contributed by atoms with Gasteiger partial charge in [-0.25, -0.2) is 0 Å². The van der Waals surface area contributed by atoms with Gasteiger partial charge in [0.2, 0.25) is 0 Å². The van der Waals surface area contributed by atoms with Crippen molar-refractivity contribution >= 4 is 0 Å². The molecule has 2 heteroatoms. The van der Waals surface area contributed by atoms with Crippen LogP contribution in [0, 0.1) is 5.92 Å². The van der Waals surface area contributed by atoms with E-state index in [1.807, 2.05) is 0 Å². The molecule has 0 fully saturated rings. The molecule has 0 spiro atoms. The number of hydrogen-bond donors (Lipinski definition) is 2. The Morgan fingerprint density at radius 1 is 1.50 bits per heavy atom. The van der Waals surface area contributed by atoms with E-state index in [0.29, 0.717) is 6.67 Å². The number of rotatable bonds is 6. The minimum Gasteiger partial charge on any atom is -0.318 e. The molecule has 0 saturated heterocycles. The van der Waals surface area contributed by atoms with Gasteiger partial charge in [-0.05, 0) is 25.3 Å². The summed E-state index contributed by atoms with van der Waals surface area (Å²) in [5.41, 5.74) is 5.27. The van der Waals surface area contributed by atoms with Crippen LogP contribution >= 0.6 is 0 Å². The van der Waals surface area contributed by atoms with E-state index in [4.69, 9.17) is 5.73 Å². The Labute approximate surface area is 64.2 Å². The van der Waals surface area contributed by atoms with Gasteiger partial charge in [0.05, 0.1) is 0 Å². The van der Waals surface area contributed by atoms with Gasteiger partial charge >= 0.3 is 0 Å². The zero-order valence-corrected chi connectivity index (χ0v) is 7.19. The summed E-state index contributed by atoms with van der Waals surface area (Å²) >= 11 is 0. The van der Waals surface area contributed by atoms with Gasteiger partial charge in [-0.1, -0.05) is 20.3 Å². The highest BCUT2D eigenvalue weighted by Crippen LogP contribution is 2.07. The molecule has 10 heavy (non-hydrogen) atoms. The van der Waals surface area contributed by atoms with Crippen molar-refractivity contribution in [2.45, 2.75) is 33.1 Å². The highest BCUT2D eigenvalue weighted by Gasteiger charge is 1.96. The van der Waals surface area contributed by atoms with Gasteiger partial charge in [0.1, 0.15) is 0 Å². The SMILES string of the molecule is CCC(C)CCCNCN. The Morgan fingerprint density at radius 3 is 2.70 bits per heavy atom. The third-order valence-electron chi connectivity index (χ3n) is 1.89. The van der Waals surface area contributed by atoms with E-state index >= 15 is 0 Å². The molecule has 0 aliphatic carbocycles. The standard InChI is InChI=1S/C8H20N2/c1-3-8(2)5-4-6-10-7-9/h8,10H,3-7,9H2,1-2H3. The van der Waals surface area contributed by atoms with Crippen LogP contribution in [0.4, 0.5) is 0 Å². The van der Waals surface area contributed by atoms with E-state index in [-0.39, 0.29) is 0 Å². The van der Waals surface area contributed by atoms with Crippen molar-refractivity contribution in [3.63, 3.8) is 0 Å². The number of hydrogen-bond acceptors (Lipinski definition) is 2. The number of nitrogens with two attached hydrogens (primary N) is 1. The Balaban J connectivity index is 2.89. The third kappa shape index (κ3) is 6.05. The maximum atomic E-state index is 5.27. The predicted molar refractivity (Wildman–Crippen MR) is 45.7 cm³/mol. The van der Waals surface area contributed by atoms with E-state index in [0.717, 1.165) is 12.5 Å². The first kappa shape index (κ1) is 9.92. The van der Waals surface area contributed by atoms with E-state index in [2.05, 4.69) is 19.2 Å². The summed E-state index contributed by atoms with van der Waals surface area (Å²) in [5.74, 6) is 0.875. The quantitative estimate of drug-likeness (QED) is 0.436. The van der Waals surface area contributed by atoms with Crippen LogP contribution in [0.25, 0.3) is 0 Å². The van der Waals surface area contributed by atoms with Crippen molar-refractivity contribution in [1.82, 2.24) is 5.32 Å². The fourth-order valence-electron chi connectivity index (χ4n) is 0.882. The van der Waals surface area contributed by atoms with Gasteiger partial charge in [0.15, 0.2) is 0 Å². The molecule has 0 aromatic rings. The van der Waals surface area contributed by atoms with Crippen LogP contribution in [-0.4, -0.2) is 13.2 Å². The van der Waals surface area contributed by atoms with Crippen molar-refractivity contribution in [3.05, 3.63) is 0 Å². The van der Waals surface area contributed by atoms with Crippen LogP contribution in [-0.2, 0) is 0 Å². The Morgan fingerprint density at radius 2 is 2.20 bits per heavy atom. The fraction of sp³-hybridized carbons (Fsp3) is 1.00. The molecule has 3 N–H and O–H groups in total. The summed E-state index contributed by atoms with van der Waals surface area (Å²) in [5, 5.41) is 3.11. The first-order valence-electron chi connectivity index (χ1n) is 4.22. The fourth-order valence-corrected chi connectivity index (χ4v) is 0.882. The van der Waals surface area contributed by atoms with Gasteiger partial charge in [0, 0.05) is 6.67 Å². The van der Waals surface area contributed by atoms with Gasteiger partial charge in [-0.15, -0.1) is 0 Å². The van der Waals surface area contributed by atoms with Crippen LogP contribution in [0.5, 0.6) is 0 Å². The van der Waals surface area contributed by atoms with E-state index in [1.54, 1.807) is 0 Å². The molecule has 0 aliphatic heterocycles. The maximum absolute atomic E-state index is 5.27. The molecule has 62 valence electrons. The lowest BCUT2D eigenvalue weighted by Gasteiger charge is -2.07. The minimum atomic E-state index is 0.612. The average molecular weight is 144 g/mol. The van der Waals surface area contributed by atoms with Gasteiger partial charge < -0.3 is 11.1 Å². The van der Waals surface area contributed by atoms with Crippen LogP contribution in [0.1, 0.15) is 33.1 Å². The van der Waals surface area contributed by atoms with Crippen LogP contribution in [0.2, 0.25) is 0 Å². The molecule has 0 radical (unpaired) electrons. The van der Waals surface area contributed by atoms with Crippen molar-refractivity contribution in [2.75, 3.05) is 13.2 Å². The first-order chi connectivity index (χ1) is 4.81. The lowest BCUT2D eigenvalue weighted by atomic mass is 10.0. The predicted octanol–water partition coefficient (Wildman–Crippen LogP) is 1.32. The molecule has 1 unspecified atom stereocenters. The summed E-state index contributed by atoms with van der Waals surface area (Å²) in [4.78, 5) is 0. The zero-order chi connectivity index (χ0) is 7.82. The number of nitrogens with one attached hydrogen (secondary N) is 1. The van der Waals surface area contributed by atoms with E-state index < -0.39 is 0 Å². The van der Waals surface area contributed by atoms with Gasteiger partial charge in [0.25, 0.3) is 0 Å². The normalized spacial score (nSPS) is 13.5. The maximum Gasteiger partial charge on any atom is 0.0428 e. The molecule has 0 rings (SSSR count). The summed E-state index contributed by atoms with van der Waals surface area (Å²) in [6.45, 7) is 6.21. The lowest BCUT2D eigenvalue weighted by molar-refractivity contribution is 0.482. The molecule has 0 aliphatic rings. The molecular formula is C8H20N2. The molecule has 0 amide bonds. The van der Waals surface area contributed by atoms with Crippen molar-refractivity contribution in [3.8, 4) is 0 Å². The van der Waals surface area contributed by atoms with Crippen molar-refractivity contribution in [1.29, 1.82) is 0 Å². The molecule has 0 bridgehead atoms. The molecule has 0 aromatic heterocycles. The van der Waals surface area contributed by atoms with Crippen molar-refractivity contribution < 1.29 is 0 Å². The second kappa shape index (κ2) is 7.03. The second-order valence-corrected chi connectivity index (χ2v) is 2.86. The molecule has 2 nitrogen and oxygen atoms in total. The zero-order valence-electron chi connectivity index (χ0n) is 7.19. The summed E-state index contributed by atoms with van der Waals surface area (Å²) in [6.07, 6.45) is 3.87. The van der Waals surface area contributed by atoms with Crippen molar-refractivity contribution in [2.24, 2.45) is 11.7 Å². The molecule has 0 aromatic carbocycles. The lowest BCUT2D eigenvalue weighted by Crippen LogP contribution is -2.23. The molecule has 0 heterocycles. The van der Waals surface area contributed by atoms with E-state index in [9.17, 15) is 0 Å². The van der Waals surface area contributed by atoms with Crippen LogP contribution in [0.15, 0.2) is 0 Å². The Bertz CT molecular complexity index is 64.3. The molecule has 1 atom stereocenters. The highest BCUT2D eigenvalue weighted by atomic mass is 14.9. The first-order valence-corrected chi connectivity index (χ1v) is 4.22. The van der Waals surface area contributed by atoms with Crippen LogP contribution in [0.3, 0.4) is 0 Å². The minimum absolute atomic E-state index is 0.612. The average Bonchev–Trinajstić information content (AvgIpc) is 1.98. The Hall–Kier alpha value is -0.0800. The summed E-state index contributed by atoms with van der Waals surface area (Å²) in [7, 11) is 0. The van der Waals surface area contributed by atoms with Gasteiger partial charge in [-0.3, -0.25) is 0 Å². The highest BCUT2D eigenvalue weighted by molar-refractivity contribution is 4.51. The largest absolute Gasteiger partial charge is 0.318 e. The topological polar surface area (TPSA) is 38.0 Å². The summed E-state index contributed by atoms with van der Waals surface area (Å²) in [6, 6.07) is 0. The third-order valence-corrected chi connectivity index (χ3v) is 1.89. The van der Waals surface area contributed by atoms with Crippen LogP contribution < -0.4 is 11.1 Å².